The molecule has 86 valence electrons. The van der Waals surface area contributed by atoms with E-state index in [1.165, 1.54) is 12.8 Å². The molecule has 2 heteroatoms. The van der Waals surface area contributed by atoms with Crippen LogP contribution in [0.2, 0.25) is 0 Å². The van der Waals surface area contributed by atoms with E-state index in [-0.39, 0.29) is 17.1 Å². The molecule has 0 aromatic carbocycles. The number of rotatable bonds is 2. The molecule has 1 saturated carbocycles. The fourth-order valence-electron chi connectivity index (χ4n) is 3.05. The van der Waals surface area contributed by atoms with E-state index in [9.17, 15) is 5.11 Å². The smallest absolute Gasteiger partial charge is 0.0987 e. The van der Waals surface area contributed by atoms with E-state index in [1.54, 1.807) is 6.92 Å². The first-order chi connectivity index (χ1) is 6.86. The van der Waals surface area contributed by atoms with Crippen molar-refractivity contribution in [2.24, 2.45) is 11.3 Å². The van der Waals surface area contributed by atoms with E-state index in [0.717, 1.165) is 0 Å². The van der Waals surface area contributed by atoms with Gasteiger partial charge in [0.2, 0.25) is 0 Å². The Morgan fingerprint density at radius 3 is 2.67 bits per heavy atom. The van der Waals surface area contributed by atoms with Gasteiger partial charge < -0.3 is 9.84 Å². The zero-order valence-electron chi connectivity index (χ0n) is 10.2. The quantitative estimate of drug-likeness (QED) is 0.561. The monoisotopic (exact) mass is 210 g/mol. The SMILES string of the molecule is C[C@@H](O)/C=C/[C@@H]1C(C)(C)CC[C@@H]2O[C@@]21C. The maximum absolute atomic E-state index is 9.31. The summed E-state index contributed by atoms with van der Waals surface area (Å²) in [5.41, 5.74) is 0.320. The fourth-order valence-corrected chi connectivity index (χ4v) is 3.05. The van der Waals surface area contributed by atoms with Gasteiger partial charge in [0.15, 0.2) is 0 Å². The predicted molar refractivity (Wildman–Crippen MR) is 60.6 cm³/mol. The minimum atomic E-state index is -0.358. The van der Waals surface area contributed by atoms with Crippen LogP contribution in [0.3, 0.4) is 0 Å². The van der Waals surface area contributed by atoms with Crippen molar-refractivity contribution in [3.63, 3.8) is 0 Å². The lowest BCUT2D eigenvalue weighted by Gasteiger charge is -2.38. The summed E-state index contributed by atoms with van der Waals surface area (Å²) in [7, 11) is 0. The molecule has 1 N–H and O–H groups in total. The van der Waals surface area contributed by atoms with E-state index < -0.39 is 0 Å². The predicted octanol–water partition coefficient (Wildman–Crippen LogP) is 2.52. The molecule has 0 spiro atoms. The summed E-state index contributed by atoms with van der Waals surface area (Å²) in [5, 5.41) is 9.31. The summed E-state index contributed by atoms with van der Waals surface area (Å²) >= 11 is 0. The molecule has 0 radical (unpaired) electrons. The minimum Gasteiger partial charge on any atom is -0.389 e. The Bertz CT molecular complexity index is 276. The lowest BCUT2D eigenvalue weighted by atomic mass is 9.64. The Balaban J connectivity index is 2.17. The highest BCUT2D eigenvalue weighted by molar-refractivity contribution is 5.18. The number of fused-ring (bicyclic) bond motifs is 1. The van der Waals surface area contributed by atoms with Gasteiger partial charge in [-0.05, 0) is 32.1 Å². The molecule has 1 heterocycles. The molecular weight excluding hydrogens is 188 g/mol. The topological polar surface area (TPSA) is 32.8 Å². The second kappa shape index (κ2) is 3.33. The second-order valence-corrected chi connectivity index (χ2v) is 5.92. The summed E-state index contributed by atoms with van der Waals surface area (Å²) in [6.07, 6.45) is 6.54. The third-order valence-corrected chi connectivity index (χ3v) is 4.07. The molecule has 2 nitrogen and oxygen atoms in total. The molecule has 0 bridgehead atoms. The summed E-state index contributed by atoms with van der Waals surface area (Å²) in [4.78, 5) is 0. The standard InChI is InChI=1S/C13H22O2/c1-9(14)5-6-10-12(2,3)8-7-11-13(10,4)15-11/h5-6,9-11,14H,7-8H2,1-4H3/b6-5+/t9-,10-,11+,13-/m1/s1. The molecule has 4 atom stereocenters. The summed E-state index contributed by atoms with van der Waals surface area (Å²) in [6, 6.07) is 0. The Morgan fingerprint density at radius 2 is 2.07 bits per heavy atom. The summed E-state index contributed by atoms with van der Waals surface area (Å²) in [6.45, 7) is 8.59. The number of hydrogen-bond donors (Lipinski definition) is 1. The molecule has 2 aliphatic rings. The number of aliphatic hydroxyl groups excluding tert-OH is 1. The van der Waals surface area contributed by atoms with E-state index in [0.29, 0.717) is 12.0 Å². The number of epoxide rings is 1. The molecule has 1 aliphatic carbocycles. The van der Waals surface area contributed by atoms with Gasteiger partial charge in [0, 0.05) is 5.92 Å². The van der Waals surface area contributed by atoms with Crippen molar-refractivity contribution in [3.05, 3.63) is 12.2 Å². The zero-order chi connectivity index (χ0) is 11.3. The molecule has 1 aliphatic heterocycles. The van der Waals surface area contributed by atoms with Gasteiger partial charge >= 0.3 is 0 Å². The van der Waals surface area contributed by atoms with Crippen LogP contribution in [0.25, 0.3) is 0 Å². The highest BCUT2D eigenvalue weighted by atomic mass is 16.6. The maximum Gasteiger partial charge on any atom is 0.0987 e. The van der Waals surface area contributed by atoms with Crippen LogP contribution >= 0.6 is 0 Å². The highest BCUT2D eigenvalue weighted by Gasteiger charge is 2.63. The van der Waals surface area contributed by atoms with E-state index in [1.807, 2.05) is 6.08 Å². The first kappa shape index (κ1) is 11.2. The molecule has 1 saturated heterocycles. The van der Waals surface area contributed by atoms with Crippen molar-refractivity contribution in [1.29, 1.82) is 0 Å². The summed E-state index contributed by atoms with van der Waals surface area (Å²) in [5.74, 6) is 0.429. The molecule has 2 fully saturated rings. The van der Waals surface area contributed by atoms with Crippen LogP contribution in [0, 0.1) is 11.3 Å². The Labute approximate surface area is 92.3 Å². The van der Waals surface area contributed by atoms with Crippen molar-refractivity contribution in [1.82, 2.24) is 0 Å². The molecule has 0 aromatic rings. The third kappa shape index (κ3) is 1.85. The lowest BCUT2D eigenvalue weighted by molar-refractivity contribution is 0.134. The van der Waals surface area contributed by atoms with E-state index in [2.05, 4.69) is 26.8 Å². The first-order valence-corrected chi connectivity index (χ1v) is 5.90. The van der Waals surface area contributed by atoms with Gasteiger partial charge in [-0.15, -0.1) is 0 Å². The van der Waals surface area contributed by atoms with Gasteiger partial charge in [-0.1, -0.05) is 26.0 Å². The fraction of sp³-hybridized carbons (Fsp3) is 0.846. The summed E-state index contributed by atoms with van der Waals surface area (Å²) < 4.78 is 5.81. The third-order valence-electron chi connectivity index (χ3n) is 4.07. The molecule has 0 amide bonds. The van der Waals surface area contributed by atoms with Gasteiger partial charge in [0.25, 0.3) is 0 Å². The van der Waals surface area contributed by atoms with Crippen molar-refractivity contribution in [2.45, 2.75) is 58.3 Å². The minimum absolute atomic E-state index is 0.0349. The highest BCUT2D eigenvalue weighted by Crippen LogP contribution is 2.58. The zero-order valence-corrected chi connectivity index (χ0v) is 10.2. The maximum atomic E-state index is 9.31. The first-order valence-electron chi connectivity index (χ1n) is 5.90. The van der Waals surface area contributed by atoms with E-state index >= 15 is 0 Å². The van der Waals surface area contributed by atoms with Crippen LogP contribution in [-0.2, 0) is 4.74 Å². The van der Waals surface area contributed by atoms with Crippen LogP contribution in [0.15, 0.2) is 12.2 Å². The van der Waals surface area contributed by atoms with Gasteiger partial charge in [0.1, 0.15) is 0 Å². The molecule has 0 unspecified atom stereocenters. The number of aliphatic hydroxyl groups is 1. The van der Waals surface area contributed by atoms with Crippen molar-refractivity contribution >= 4 is 0 Å². The Kier molecular flexibility index (Phi) is 2.47. The van der Waals surface area contributed by atoms with Gasteiger partial charge in [-0.25, -0.2) is 0 Å². The van der Waals surface area contributed by atoms with Crippen LogP contribution in [0.5, 0.6) is 0 Å². The van der Waals surface area contributed by atoms with Crippen LogP contribution in [0.1, 0.15) is 40.5 Å². The number of ether oxygens (including phenoxy) is 1. The van der Waals surface area contributed by atoms with Gasteiger partial charge in [-0.2, -0.15) is 0 Å². The van der Waals surface area contributed by atoms with Crippen LogP contribution in [-0.4, -0.2) is 22.9 Å². The average molecular weight is 210 g/mol. The largest absolute Gasteiger partial charge is 0.389 e. The average Bonchev–Trinajstić information content (AvgIpc) is 2.74. The van der Waals surface area contributed by atoms with Crippen LogP contribution in [0.4, 0.5) is 0 Å². The Morgan fingerprint density at radius 1 is 1.40 bits per heavy atom. The van der Waals surface area contributed by atoms with Crippen molar-refractivity contribution < 1.29 is 9.84 Å². The number of hydrogen-bond acceptors (Lipinski definition) is 2. The molecule has 15 heavy (non-hydrogen) atoms. The van der Waals surface area contributed by atoms with E-state index in [4.69, 9.17) is 4.74 Å². The second-order valence-electron chi connectivity index (χ2n) is 5.92. The lowest BCUT2D eigenvalue weighted by Crippen LogP contribution is -2.39. The van der Waals surface area contributed by atoms with Crippen molar-refractivity contribution in [2.75, 3.05) is 0 Å². The molecule has 2 rings (SSSR count). The van der Waals surface area contributed by atoms with Crippen LogP contribution < -0.4 is 0 Å². The normalized spacial score (nSPS) is 45.1. The van der Waals surface area contributed by atoms with Gasteiger partial charge in [-0.3, -0.25) is 0 Å². The molecule has 0 aromatic heterocycles. The van der Waals surface area contributed by atoms with Crippen molar-refractivity contribution in [3.8, 4) is 0 Å². The molecular formula is C13H22O2. The van der Waals surface area contributed by atoms with Gasteiger partial charge in [0.05, 0.1) is 17.8 Å². The Hall–Kier alpha value is -0.340.